The molecular weight excluding hydrogens is 278 g/mol. The van der Waals surface area contributed by atoms with Crippen molar-refractivity contribution in [2.45, 2.75) is 38.6 Å². The number of hydrogen-bond acceptors (Lipinski definition) is 3. The number of nitrogens with zero attached hydrogens (tertiary/aromatic N) is 1. The predicted molar refractivity (Wildman–Crippen MR) is 83.0 cm³/mol. The van der Waals surface area contributed by atoms with Gasteiger partial charge in [-0.1, -0.05) is 24.3 Å². The third-order valence-corrected chi connectivity index (χ3v) is 4.98. The Balaban J connectivity index is 1.67. The van der Waals surface area contributed by atoms with Crippen LogP contribution in [-0.4, -0.2) is 30.4 Å². The van der Waals surface area contributed by atoms with Crippen LogP contribution < -0.4 is 0 Å². The second kappa shape index (κ2) is 6.51. The number of carbonyl (C=O) groups excluding carboxylic acids is 2. The first-order valence-electron chi connectivity index (χ1n) is 8.12. The molecule has 1 aliphatic heterocycles. The molecule has 2 aliphatic rings. The summed E-state index contributed by atoms with van der Waals surface area (Å²) in [7, 11) is 1.42. The van der Waals surface area contributed by atoms with E-state index in [1.807, 2.05) is 11.0 Å². The largest absolute Gasteiger partial charge is 0.469 e. The molecule has 0 saturated heterocycles. The second-order valence-electron chi connectivity index (χ2n) is 6.36. The van der Waals surface area contributed by atoms with Crippen molar-refractivity contribution in [3.8, 4) is 0 Å². The number of benzene rings is 1. The average molecular weight is 301 g/mol. The summed E-state index contributed by atoms with van der Waals surface area (Å²) >= 11 is 0. The van der Waals surface area contributed by atoms with Crippen molar-refractivity contribution in [3.05, 3.63) is 35.4 Å². The van der Waals surface area contributed by atoms with E-state index < -0.39 is 0 Å². The molecule has 0 aromatic heterocycles. The molecule has 22 heavy (non-hydrogen) atoms. The third kappa shape index (κ3) is 3.01. The molecule has 1 aliphatic carbocycles. The van der Waals surface area contributed by atoms with Crippen LogP contribution in [0, 0.1) is 11.8 Å². The zero-order valence-corrected chi connectivity index (χ0v) is 13.1. The highest BCUT2D eigenvalue weighted by molar-refractivity contribution is 5.81. The summed E-state index contributed by atoms with van der Waals surface area (Å²) in [5.74, 6) is -0.0767. The van der Waals surface area contributed by atoms with Crippen molar-refractivity contribution in [2.75, 3.05) is 13.7 Å². The summed E-state index contributed by atoms with van der Waals surface area (Å²) in [6.07, 6.45) is 4.26. The smallest absolute Gasteiger partial charge is 0.308 e. The van der Waals surface area contributed by atoms with Crippen LogP contribution in [0.4, 0.5) is 0 Å². The van der Waals surface area contributed by atoms with E-state index in [4.69, 9.17) is 4.74 Å². The molecule has 0 unspecified atom stereocenters. The Kier molecular flexibility index (Phi) is 4.46. The Hall–Kier alpha value is -1.84. The molecule has 1 aromatic carbocycles. The van der Waals surface area contributed by atoms with Crippen LogP contribution in [0.25, 0.3) is 0 Å². The summed E-state index contributed by atoms with van der Waals surface area (Å²) in [6, 6.07) is 8.38. The van der Waals surface area contributed by atoms with Crippen molar-refractivity contribution in [1.82, 2.24) is 4.90 Å². The summed E-state index contributed by atoms with van der Waals surface area (Å²) in [6.45, 7) is 1.52. The zero-order chi connectivity index (χ0) is 15.5. The van der Waals surface area contributed by atoms with Gasteiger partial charge in [-0.2, -0.15) is 0 Å². The van der Waals surface area contributed by atoms with Crippen LogP contribution in [0.2, 0.25) is 0 Å². The van der Waals surface area contributed by atoms with Crippen molar-refractivity contribution >= 4 is 11.9 Å². The summed E-state index contributed by atoms with van der Waals surface area (Å²) in [4.78, 5) is 26.4. The normalized spacial score (nSPS) is 24.5. The lowest BCUT2D eigenvalue weighted by Crippen LogP contribution is -2.35. The number of methoxy groups -OCH3 is 1. The number of ether oxygens (including phenoxy) is 1. The van der Waals surface area contributed by atoms with Crippen molar-refractivity contribution in [2.24, 2.45) is 11.8 Å². The maximum atomic E-state index is 12.8. The molecule has 0 bridgehead atoms. The fourth-order valence-corrected chi connectivity index (χ4v) is 3.73. The van der Waals surface area contributed by atoms with Crippen molar-refractivity contribution in [3.63, 3.8) is 0 Å². The maximum Gasteiger partial charge on any atom is 0.308 e. The van der Waals surface area contributed by atoms with Crippen molar-refractivity contribution in [1.29, 1.82) is 0 Å². The first-order valence-corrected chi connectivity index (χ1v) is 8.12. The number of hydrogen-bond donors (Lipinski definition) is 0. The van der Waals surface area contributed by atoms with Gasteiger partial charge in [0.25, 0.3) is 0 Å². The second-order valence-corrected chi connectivity index (χ2v) is 6.36. The van der Waals surface area contributed by atoms with Gasteiger partial charge in [0.05, 0.1) is 13.0 Å². The molecule has 1 heterocycles. The van der Waals surface area contributed by atoms with E-state index in [9.17, 15) is 9.59 Å². The van der Waals surface area contributed by atoms with Gasteiger partial charge in [0.15, 0.2) is 0 Å². The minimum Gasteiger partial charge on any atom is -0.469 e. The van der Waals surface area contributed by atoms with E-state index in [0.717, 1.165) is 32.2 Å². The minimum atomic E-state index is -0.170. The number of carbonyl (C=O) groups is 2. The number of fused-ring (bicyclic) bond motifs is 1. The fourth-order valence-electron chi connectivity index (χ4n) is 3.73. The lowest BCUT2D eigenvalue weighted by Gasteiger charge is -2.24. The van der Waals surface area contributed by atoms with Gasteiger partial charge in [-0.3, -0.25) is 9.59 Å². The van der Waals surface area contributed by atoms with E-state index in [1.54, 1.807) is 0 Å². The molecule has 0 N–H and O–H groups in total. The topological polar surface area (TPSA) is 46.6 Å². The molecule has 4 nitrogen and oxygen atoms in total. The summed E-state index contributed by atoms with van der Waals surface area (Å²) < 4.78 is 4.81. The number of amides is 1. The average Bonchev–Trinajstić information content (AvgIpc) is 2.93. The first-order chi connectivity index (χ1) is 10.7. The molecular formula is C18H23NO3. The Morgan fingerprint density at radius 1 is 1.14 bits per heavy atom. The Bertz CT molecular complexity index is 569. The van der Waals surface area contributed by atoms with Gasteiger partial charge in [0.1, 0.15) is 0 Å². The Morgan fingerprint density at radius 2 is 1.86 bits per heavy atom. The van der Waals surface area contributed by atoms with Crippen LogP contribution in [0.3, 0.4) is 0 Å². The Morgan fingerprint density at radius 3 is 2.64 bits per heavy atom. The summed E-state index contributed by atoms with van der Waals surface area (Å²) in [5.41, 5.74) is 2.62. The lowest BCUT2D eigenvalue weighted by atomic mass is 10.0. The molecule has 1 fully saturated rings. The zero-order valence-electron chi connectivity index (χ0n) is 13.1. The predicted octanol–water partition coefficient (Wildman–Crippen LogP) is 2.55. The molecule has 0 spiro atoms. The highest BCUT2D eigenvalue weighted by Crippen LogP contribution is 2.33. The van der Waals surface area contributed by atoms with E-state index in [2.05, 4.69) is 18.2 Å². The van der Waals surface area contributed by atoms with Gasteiger partial charge < -0.3 is 9.64 Å². The van der Waals surface area contributed by atoms with E-state index in [-0.39, 0.29) is 23.7 Å². The fraction of sp³-hybridized carbons (Fsp3) is 0.556. The van der Waals surface area contributed by atoms with Gasteiger partial charge in [-0.15, -0.1) is 0 Å². The molecule has 1 saturated carbocycles. The first kappa shape index (κ1) is 15.1. The molecule has 0 radical (unpaired) electrons. The quantitative estimate of drug-likeness (QED) is 0.789. The van der Waals surface area contributed by atoms with E-state index in [1.165, 1.54) is 18.2 Å². The SMILES string of the molecule is COC(=O)[C@@H]1CC[C@H](C(=O)N2CCCc3ccccc3C2)C1. The Labute approximate surface area is 131 Å². The number of rotatable bonds is 2. The highest BCUT2D eigenvalue weighted by atomic mass is 16.5. The number of aryl methyl sites for hydroxylation is 1. The molecule has 1 aromatic rings. The van der Waals surface area contributed by atoms with Crippen LogP contribution in [0.15, 0.2) is 24.3 Å². The van der Waals surface area contributed by atoms with Gasteiger partial charge in [-0.05, 0) is 43.2 Å². The van der Waals surface area contributed by atoms with Crippen molar-refractivity contribution < 1.29 is 14.3 Å². The standard InChI is InChI=1S/C18H23NO3/c1-22-18(21)15-9-8-14(11-15)17(20)19-10-4-7-13-5-2-3-6-16(13)12-19/h2-3,5-6,14-15H,4,7-12H2,1H3/t14-,15+/m0/s1. The van der Waals surface area contributed by atoms with Crippen LogP contribution in [0.5, 0.6) is 0 Å². The van der Waals surface area contributed by atoms with Crippen LogP contribution in [0.1, 0.15) is 36.8 Å². The van der Waals surface area contributed by atoms with E-state index in [0.29, 0.717) is 13.0 Å². The van der Waals surface area contributed by atoms with Gasteiger partial charge in [0.2, 0.25) is 5.91 Å². The molecule has 118 valence electrons. The van der Waals surface area contributed by atoms with Gasteiger partial charge in [-0.25, -0.2) is 0 Å². The summed E-state index contributed by atoms with van der Waals surface area (Å²) in [5, 5.41) is 0. The maximum absolute atomic E-state index is 12.8. The van der Waals surface area contributed by atoms with Gasteiger partial charge >= 0.3 is 5.97 Å². The number of esters is 1. The van der Waals surface area contributed by atoms with Crippen LogP contribution in [-0.2, 0) is 27.3 Å². The minimum absolute atomic E-state index is 0.0191. The molecule has 1 amide bonds. The highest BCUT2D eigenvalue weighted by Gasteiger charge is 2.36. The monoisotopic (exact) mass is 301 g/mol. The molecule has 2 atom stereocenters. The van der Waals surface area contributed by atoms with Crippen LogP contribution >= 0.6 is 0 Å². The third-order valence-electron chi connectivity index (χ3n) is 4.98. The molecule has 3 rings (SSSR count). The molecule has 4 heteroatoms. The van der Waals surface area contributed by atoms with E-state index >= 15 is 0 Å². The lowest BCUT2D eigenvalue weighted by molar-refractivity contribution is -0.145. The van der Waals surface area contributed by atoms with Gasteiger partial charge in [0, 0.05) is 19.0 Å².